The second-order valence-electron chi connectivity index (χ2n) is 7.63. The molecule has 1 aliphatic carbocycles. The van der Waals surface area contributed by atoms with Crippen LogP contribution >= 0.6 is 0 Å². The van der Waals surface area contributed by atoms with Crippen LogP contribution in [0, 0.1) is 11.8 Å². The first-order chi connectivity index (χ1) is 13.9. The molecule has 0 unspecified atom stereocenters. The van der Waals surface area contributed by atoms with Crippen molar-refractivity contribution >= 4 is 11.9 Å². The zero-order valence-electron chi connectivity index (χ0n) is 17.0. The van der Waals surface area contributed by atoms with Gasteiger partial charge in [-0.3, -0.25) is 4.79 Å². The SMILES string of the molecule is COc1ccc([C@@H](NC(=O)[C@@H]2CC(C)=C(C)C[C@@H]2C(=O)[O-])c2ccccc2)cc1. The molecule has 0 bridgehead atoms. The van der Waals surface area contributed by atoms with Gasteiger partial charge in [0.1, 0.15) is 5.75 Å². The van der Waals surface area contributed by atoms with Gasteiger partial charge in [-0.2, -0.15) is 0 Å². The van der Waals surface area contributed by atoms with Gasteiger partial charge in [0.25, 0.3) is 0 Å². The molecule has 3 atom stereocenters. The molecule has 0 spiro atoms. The second kappa shape index (κ2) is 8.95. The number of carbonyl (C=O) groups is 2. The molecule has 0 radical (unpaired) electrons. The van der Waals surface area contributed by atoms with Crippen LogP contribution in [0.15, 0.2) is 65.7 Å². The highest BCUT2D eigenvalue weighted by Gasteiger charge is 2.34. The van der Waals surface area contributed by atoms with Crippen molar-refractivity contribution in [3.63, 3.8) is 0 Å². The standard InChI is InChI=1S/C24H27NO4/c1-15-13-20(21(24(27)28)14-16(15)2)23(26)25-22(17-7-5-4-6-8-17)18-9-11-19(29-3)12-10-18/h4-12,20-22H,13-14H2,1-3H3,(H,25,26)(H,27,28)/p-1/t20-,21+,22+/m1/s1. The zero-order chi connectivity index (χ0) is 21.0. The monoisotopic (exact) mass is 392 g/mol. The summed E-state index contributed by atoms with van der Waals surface area (Å²) in [6.45, 7) is 3.88. The number of aliphatic carboxylic acids is 1. The Hall–Kier alpha value is -3.08. The van der Waals surface area contributed by atoms with Crippen LogP contribution in [0.5, 0.6) is 5.75 Å². The maximum atomic E-state index is 13.2. The first-order valence-corrected chi connectivity index (χ1v) is 9.76. The lowest BCUT2D eigenvalue weighted by molar-refractivity contribution is -0.313. The molecule has 152 valence electrons. The third-order valence-electron chi connectivity index (χ3n) is 5.77. The Kier molecular flexibility index (Phi) is 6.37. The maximum absolute atomic E-state index is 13.2. The van der Waals surface area contributed by atoms with Gasteiger partial charge in [-0.15, -0.1) is 0 Å². The number of carboxylic acid groups (broad SMARTS) is 1. The molecule has 3 rings (SSSR count). The van der Waals surface area contributed by atoms with Gasteiger partial charge in [0, 0.05) is 17.8 Å². The number of rotatable bonds is 6. The third-order valence-corrected chi connectivity index (χ3v) is 5.77. The molecule has 2 aromatic carbocycles. The summed E-state index contributed by atoms with van der Waals surface area (Å²) < 4.78 is 5.23. The fourth-order valence-electron chi connectivity index (χ4n) is 3.87. The first-order valence-electron chi connectivity index (χ1n) is 9.76. The number of methoxy groups -OCH3 is 1. The van der Waals surface area contributed by atoms with E-state index >= 15 is 0 Å². The van der Waals surface area contributed by atoms with E-state index in [1.54, 1.807) is 7.11 Å². The normalized spacial score (nSPS) is 20.1. The first kappa shape index (κ1) is 20.6. The number of carbonyl (C=O) groups excluding carboxylic acids is 2. The molecule has 0 heterocycles. The minimum absolute atomic E-state index is 0.268. The zero-order valence-corrected chi connectivity index (χ0v) is 17.0. The summed E-state index contributed by atoms with van der Waals surface area (Å²) in [6.07, 6.45) is 0.783. The molecule has 0 fully saturated rings. The molecule has 5 heteroatoms. The van der Waals surface area contributed by atoms with Gasteiger partial charge < -0.3 is 20.0 Å². The molecule has 1 amide bonds. The molecule has 2 aromatic rings. The van der Waals surface area contributed by atoms with Crippen molar-refractivity contribution in [3.05, 3.63) is 76.9 Å². The van der Waals surface area contributed by atoms with Crippen molar-refractivity contribution in [1.29, 1.82) is 0 Å². The predicted octanol–water partition coefficient (Wildman–Crippen LogP) is 3.01. The average molecular weight is 392 g/mol. The lowest BCUT2D eigenvalue weighted by Crippen LogP contribution is -2.45. The number of nitrogens with one attached hydrogen (secondary N) is 1. The van der Waals surface area contributed by atoms with Crippen LogP contribution < -0.4 is 15.2 Å². The van der Waals surface area contributed by atoms with Crippen LogP contribution in [0.1, 0.15) is 43.9 Å². The summed E-state index contributed by atoms with van der Waals surface area (Å²) in [5.41, 5.74) is 3.92. The molecule has 29 heavy (non-hydrogen) atoms. The lowest BCUT2D eigenvalue weighted by atomic mass is 9.76. The van der Waals surface area contributed by atoms with Gasteiger partial charge in [0.05, 0.1) is 13.2 Å². The number of carboxylic acids is 1. The number of allylic oxidation sites excluding steroid dienone is 2. The van der Waals surface area contributed by atoms with Gasteiger partial charge in [0.15, 0.2) is 0 Å². The molecule has 0 saturated heterocycles. The average Bonchev–Trinajstić information content (AvgIpc) is 2.74. The molecule has 5 nitrogen and oxygen atoms in total. The Bertz CT molecular complexity index is 902. The Morgan fingerprint density at radius 1 is 0.931 bits per heavy atom. The minimum Gasteiger partial charge on any atom is -0.550 e. The summed E-state index contributed by atoms with van der Waals surface area (Å²) in [6, 6.07) is 16.8. The molecule has 1 aliphatic rings. The van der Waals surface area contributed by atoms with Crippen molar-refractivity contribution < 1.29 is 19.4 Å². The van der Waals surface area contributed by atoms with E-state index in [1.165, 1.54) is 0 Å². The predicted molar refractivity (Wildman–Crippen MR) is 109 cm³/mol. The van der Waals surface area contributed by atoms with Crippen LogP contribution in [0.3, 0.4) is 0 Å². The van der Waals surface area contributed by atoms with Gasteiger partial charge >= 0.3 is 0 Å². The smallest absolute Gasteiger partial charge is 0.224 e. The number of benzene rings is 2. The van der Waals surface area contributed by atoms with Crippen molar-refractivity contribution in [2.45, 2.75) is 32.7 Å². The van der Waals surface area contributed by atoms with E-state index in [-0.39, 0.29) is 11.9 Å². The maximum Gasteiger partial charge on any atom is 0.224 e. The van der Waals surface area contributed by atoms with Crippen molar-refractivity contribution in [1.82, 2.24) is 5.32 Å². The van der Waals surface area contributed by atoms with Crippen LogP contribution in [-0.2, 0) is 9.59 Å². The summed E-state index contributed by atoms with van der Waals surface area (Å²) in [4.78, 5) is 24.9. The van der Waals surface area contributed by atoms with Crippen LogP contribution in [0.2, 0.25) is 0 Å². The van der Waals surface area contributed by atoms with E-state index in [1.807, 2.05) is 68.4 Å². The topological polar surface area (TPSA) is 78.5 Å². The van der Waals surface area contributed by atoms with Crippen molar-refractivity contribution in [2.75, 3.05) is 7.11 Å². The largest absolute Gasteiger partial charge is 0.550 e. The second-order valence-corrected chi connectivity index (χ2v) is 7.63. The van der Waals surface area contributed by atoms with Gasteiger partial charge in [0.2, 0.25) is 5.91 Å². The van der Waals surface area contributed by atoms with E-state index in [2.05, 4.69) is 5.32 Å². The van der Waals surface area contributed by atoms with Crippen molar-refractivity contribution in [3.8, 4) is 5.75 Å². The molecule has 0 aliphatic heterocycles. The van der Waals surface area contributed by atoms with E-state index in [9.17, 15) is 14.7 Å². The number of amides is 1. The number of hydrogen-bond acceptors (Lipinski definition) is 4. The molecule has 0 aromatic heterocycles. The van der Waals surface area contributed by atoms with E-state index in [0.29, 0.717) is 12.8 Å². The number of ether oxygens (including phenoxy) is 1. The fraction of sp³-hybridized carbons (Fsp3) is 0.333. The van der Waals surface area contributed by atoms with Crippen LogP contribution in [-0.4, -0.2) is 19.0 Å². The molecule has 1 N–H and O–H groups in total. The summed E-state index contributed by atoms with van der Waals surface area (Å²) in [5, 5.41) is 14.8. The third kappa shape index (κ3) is 4.67. The summed E-state index contributed by atoms with van der Waals surface area (Å²) in [7, 11) is 1.60. The van der Waals surface area contributed by atoms with Crippen LogP contribution in [0.25, 0.3) is 0 Å². The Morgan fingerprint density at radius 3 is 2.03 bits per heavy atom. The highest BCUT2D eigenvalue weighted by atomic mass is 16.5. The van der Waals surface area contributed by atoms with E-state index < -0.39 is 17.8 Å². The molecule has 0 saturated carbocycles. The Morgan fingerprint density at radius 2 is 1.48 bits per heavy atom. The Labute approximate surface area is 171 Å². The lowest BCUT2D eigenvalue weighted by Gasteiger charge is -2.34. The van der Waals surface area contributed by atoms with Crippen molar-refractivity contribution in [2.24, 2.45) is 11.8 Å². The quantitative estimate of drug-likeness (QED) is 0.767. The van der Waals surface area contributed by atoms with Gasteiger partial charge in [-0.05, 0) is 49.9 Å². The highest BCUT2D eigenvalue weighted by molar-refractivity contribution is 5.85. The van der Waals surface area contributed by atoms with E-state index in [4.69, 9.17) is 4.74 Å². The van der Waals surface area contributed by atoms with Crippen LogP contribution in [0.4, 0.5) is 0 Å². The van der Waals surface area contributed by atoms with Gasteiger partial charge in [-0.1, -0.05) is 53.6 Å². The van der Waals surface area contributed by atoms with E-state index in [0.717, 1.165) is 28.0 Å². The minimum atomic E-state index is -1.17. The fourth-order valence-corrected chi connectivity index (χ4v) is 3.87. The Balaban J connectivity index is 1.90. The van der Waals surface area contributed by atoms with Gasteiger partial charge in [-0.25, -0.2) is 0 Å². The summed E-state index contributed by atoms with van der Waals surface area (Å²) in [5.74, 6) is -2.17. The highest BCUT2D eigenvalue weighted by Crippen LogP contribution is 2.35. The molecular formula is C24H26NO4-. The number of hydrogen-bond donors (Lipinski definition) is 1. The molecular weight excluding hydrogens is 366 g/mol. The summed E-state index contributed by atoms with van der Waals surface area (Å²) >= 11 is 0.